The largest absolute Gasteiger partial charge is 0.494 e. The molecule has 0 amide bonds. The normalized spacial score (nSPS) is 13.2. The van der Waals surface area contributed by atoms with Gasteiger partial charge in [-0.15, -0.1) is 0 Å². The maximum Gasteiger partial charge on any atom is 0.240 e. The van der Waals surface area contributed by atoms with Gasteiger partial charge in [-0.3, -0.25) is 0 Å². The third-order valence-corrected chi connectivity index (χ3v) is 4.37. The van der Waals surface area contributed by atoms with Crippen molar-refractivity contribution < 1.29 is 22.7 Å². The predicted molar refractivity (Wildman–Crippen MR) is 73.6 cm³/mol. The third-order valence-electron chi connectivity index (χ3n) is 2.91. The highest BCUT2D eigenvalue weighted by atomic mass is 32.2. The molecule has 2 N–H and O–H groups in total. The van der Waals surface area contributed by atoms with Gasteiger partial charge >= 0.3 is 0 Å². The minimum atomic E-state index is -3.72. The molecule has 1 rings (SSSR count). The molecule has 0 saturated heterocycles. The van der Waals surface area contributed by atoms with Crippen LogP contribution in [0.25, 0.3) is 0 Å². The topological polar surface area (TPSA) is 75.6 Å². The Morgan fingerprint density at radius 1 is 1.45 bits per heavy atom. The number of halogens is 1. The van der Waals surface area contributed by atoms with Crippen LogP contribution in [0.5, 0.6) is 5.75 Å². The summed E-state index contributed by atoms with van der Waals surface area (Å²) in [6.45, 7) is 2.21. The fourth-order valence-corrected chi connectivity index (χ4v) is 2.73. The summed E-state index contributed by atoms with van der Waals surface area (Å²) in [4.78, 5) is -0.133. The van der Waals surface area contributed by atoms with Crippen LogP contribution in [0.15, 0.2) is 23.1 Å². The number of methoxy groups -OCH3 is 1. The number of aliphatic hydroxyl groups excluding tert-OH is 1. The molecule has 1 aromatic rings. The lowest BCUT2D eigenvalue weighted by Gasteiger charge is -2.10. The van der Waals surface area contributed by atoms with Crippen LogP contribution in [-0.2, 0) is 10.0 Å². The zero-order valence-electron chi connectivity index (χ0n) is 11.6. The standard InChI is InChI=1S/C13H20FNO4S/c1-10(9-16)4-3-7-15-20(17,18)11-5-6-13(19-2)12(14)8-11/h5-6,8,10,15-16H,3-4,7,9H2,1-2H3. The fraction of sp³-hybridized carbons (Fsp3) is 0.538. The lowest BCUT2D eigenvalue weighted by atomic mass is 10.1. The van der Waals surface area contributed by atoms with Gasteiger partial charge in [0.25, 0.3) is 0 Å². The summed E-state index contributed by atoms with van der Waals surface area (Å²) in [6, 6.07) is 3.50. The van der Waals surface area contributed by atoms with E-state index in [1.807, 2.05) is 6.92 Å². The smallest absolute Gasteiger partial charge is 0.240 e. The molecule has 0 radical (unpaired) electrons. The zero-order chi connectivity index (χ0) is 15.2. The van der Waals surface area contributed by atoms with Crippen molar-refractivity contribution in [3.05, 3.63) is 24.0 Å². The van der Waals surface area contributed by atoms with Gasteiger partial charge in [0.05, 0.1) is 12.0 Å². The van der Waals surface area contributed by atoms with Crippen molar-refractivity contribution in [1.82, 2.24) is 4.72 Å². The van der Waals surface area contributed by atoms with Crippen molar-refractivity contribution in [2.75, 3.05) is 20.3 Å². The Hall–Kier alpha value is -1.18. The highest BCUT2D eigenvalue weighted by Crippen LogP contribution is 2.20. The molecule has 0 bridgehead atoms. The van der Waals surface area contributed by atoms with E-state index in [2.05, 4.69) is 4.72 Å². The van der Waals surface area contributed by atoms with E-state index >= 15 is 0 Å². The Labute approximate surface area is 118 Å². The lowest BCUT2D eigenvalue weighted by Crippen LogP contribution is -2.25. The van der Waals surface area contributed by atoms with Crippen molar-refractivity contribution in [1.29, 1.82) is 0 Å². The van der Waals surface area contributed by atoms with Crippen LogP contribution in [0.3, 0.4) is 0 Å². The number of nitrogens with one attached hydrogen (secondary N) is 1. The Morgan fingerprint density at radius 2 is 2.15 bits per heavy atom. The van der Waals surface area contributed by atoms with Crippen molar-refractivity contribution in [3.8, 4) is 5.75 Å². The molecular formula is C13H20FNO4S. The first-order valence-electron chi connectivity index (χ1n) is 6.34. The second-order valence-corrected chi connectivity index (χ2v) is 6.39. The van der Waals surface area contributed by atoms with Gasteiger partial charge in [0.1, 0.15) is 0 Å². The van der Waals surface area contributed by atoms with Gasteiger partial charge in [0.15, 0.2) is 11.6 Å². The molecular weight excluding hydrogens is 285 g/mol. The molecule has 0 saturated carbocycles. The Kier molecular flexibility index (Phi) is 6.38. The molecule has 1 aromatic carbocycles. The van der Waals surface area contributed by atoms with Gasteiger partial charge in [0.2, 0.25) is 10.0 Å². The van der Waals surface area contributed by atoms with E-state index < -0.39 is 15.8 Å². The number of benzene rings is 1. The second kappa shape index (κ2) is 7.56. The van der Waals surface area contributed by atoms with Gasteiger partial charge in [-0.1, -0.05) is 6.92 Å². The lowest BCUT2D eigenvalue weighted by molar-refractivity contribution is 0.228. The van der Waals surface area contributed by atoms with Crippen molar-refractivity contribution in [2.24, 2.45) is 5.92 Å². The van der Waals surface area contributed by atoms with E-state index in [4.69, 9.17) is 9.84 Å². The molecule has 0 spiro atoms. The molecule has 1 unspecified atom stereocenters. The minimum Gasteiger partial charge on any atom is -0.494 e. The van der Waals surface area contributed by atoms with Crippen LogP contribution in [0.1, 0.15) is 19.8 Å². The number of ether oxygens (including phenoxy) is 1. The van der Waals surface area contributed by atoms with Gasteiger partial charge in [-0.05, 0) is 37.0 Å². The molecule has 7 heteroatoms. The van der Waals surface area contributed by atoms with Gasteiger partial charge < -0.3 is 9.84 Å². The molecule has 0 aliphatic carbocycles. The zero-order valence-corrected chi connectivity index (χ0v) is 12.4. The highest BCUT2D eigenvalue weighted by molar-refractivity contribution is 7.89. The summed E-state index contributed by atoms with van der Waals surface area (Å²) in [6.07, 6.45) is 1.33. The van der Waals surface area contributed by atoms with E-state index in [1.165, 1.54) is 19.2 Å². The van der Waals surface area contributed by atoms with Crippen molar-refractivity contribution in [2.45, 2.75) is 24.7 Å². The summed E-state index contributed by atoms with van der Waals surface area (Å²) in [5.74, 6) is -0.581. The minimum absolute atomic E-state index is 0.000667. The predicted octanol–water partition coefficient (Wildman–Crippen LogP) is 1.52. The SMILES string of the molecule is COc1ccc(S(=O)(=O)NCCCC(C)CO)cc1F. The Bertz CT molecular complexity index is 533. The Balaban J connectivity index is 2.62. The summed E-state index contributed by atoms with van der Waals surface area (Å²) < 4.78 is 44.5. The summed E-state index contributed by atoms with van der Waals surface area (Å²) in [5, 5.41) is 8.86. The molecule has 1 atom stereocenters. The van der Waals surface area contributed by atoms with Crippen LogP contribution in [0, 0.1) is 11.7 Å². The first-order chi connectivity index (χ1) is 9.40. The fourth-order valence-electron chi connectivity index (χ4n) is 1.65. The third kappa shape index (κ3) is 4.73. The first-order valence-corrected chi connectivity index (χ1v) is 7.83. The van der Waals surface area contributed by atoms with Crippen molar-refractivity contribution >= 4 is 10.0 Å². The van der Waals surface area contributed by atoms with Crippen LogP contribution in [-0.4, -0.2) is 33.8 Å². The maximum atomic E-state index is 13.5. The molecule has 0 aliphatic rings. The van der Waals surface area contributed by atoms with Crippen LogP contribution in [0.4, 0.5) is 4.39 Å². The molecule has 0 heterocycles. The summed E-state index contributed by atoms with van der Waals surface area (Å²) in [7, 11) is -2.41. The summed E-state index contributed by atoms with van der Waals surface area (Å²) >= 11 is 0. The van der Waals surface area contributed by atoms with Crippen molar-refractivity contribution in [3.63, 3.8) is 0 Å². The number of sulfonamides is 1. The monoisotopic (exact) mass is 305 g/mol. The average Bonchev–Trinajstić information content (AvgIpc) is 2.43. The molecule has 0 aliphatic heterocycles. The second-order valence-electron chi connectivity index (χ2n) is 4.62. The quantitative estimate of drug-likeness (QED) is 0.714. The average molecular weight is 305 g/mol. The number of rotatable bonds is 8. The van der Waals surface area contributed by atoms with Gasteiger partial charge in [0, 0.05) is 13.2 Å². The number of aliphatic hydroxyl groups is 1. The van der Waals surface area contributed by atoms with E-state index in [0.717, 1.165) is 12.5 Å². The number of hydrogen-bond acceptors (Lipinski definition) is 4. The maximum absolute atomic E-state index is 13.5. The van der Waals surface area contributed by atoms with Gasteiger partial charge in [-0.2, -0.15) is 0 Å². The Morgan fingerprint density at radius 3 is 2.70 bits per heavy atom. The summed E-state index contributed by atoms with van der Waals surface area (Å²) in [5.41, 5.74) is 0. The van der Waals surface area contributed by atoms with E-state index in [9.17, 15) is 12.8 Å². The molecule has 20 heavy (non-hydrogen) atoms. The number of hydrogen-bond donors (Lipinski definition) is 2. The highest BCUT2D eigenvalue weighted by Gasteiger charge is 2.16. The van der Waals surface area contributed by atoms with E-state index in [1.54, 1.807) is 0 Å². The first kappa shape index (κ1) is 16.9. The van der Waals surface area contributed by atoms with Crippen LogP contribution in [0.2, 0.25) is 0 Å². The molecule has 114 valence electrons. The van der Waals surface area contributed by atoms with Crippen LogP contribution >= 0.6 is 0 Å². The van der Waals surface area contributed by atoms with Gasteiger partial charge in [-0.25, -0.2) is 17.5 Å². The van der Waals surface area contributed by atoms with E-state index in [-0.39, 0.29) is 29.7 Å². The van der Waals surface area contributed by atoms with Crippen LogP contribution < -0.4 is 9.46 Å². The molecule has 0 aromatic heterocycles. The van der Waals surface area contributed by atoms with E-state index in [0.29, 0.717) is 6.42 Å². The molecule has 5 nitrogen and oxygen atoms in total. The molecule has 0 fully saturated rings.